The lowest BCUT2D eigenvalue weighted by atomic mass is 9.94. The molecule has 0 N–H and O–H groups in total. The van der Waals surface area contributed by atoms with Crippen LogP contribution in [0.25, 0.3) is 0 Å². The topological polar surface area (TPSA) is 26.3 Å². The van der Waals surface area contributed by atoms with Gasteiger partial charge in [-0.1, -0.05) is 17.7 Å². The maximum Gasteiger partial charge on any atom is 0.136 e. The Kier molecular flexibility index (Phi) is 2.46. The summed E-state index contributed by atoms with van der Waals surface area (Å²) in [6.07, 6.45) is 0.699. The second-order valence-corrected chi connectivity index (χ2v) is 3.95. The molecule has 3 heteroatoms. The van der Waals surface area contributed by atoms with E-state index in [0.29, 0.717) is 18.1 Å². The van der Waals surface area contributed by atoms with Crippen molar-refractivity contribution in [1.29, 1.82) is 0 Å². The third kappa shape index (κ3) is 1.62. The molecule has 2 nitrogen and oxygen atoms in total. The van der Waals surface area contributed by atoms with Crippen LogP contribution in [0.2, 0.25) is 5.02 Å². The molecule has 0 radical (unpaired) electrons. The number of carbonyl (C=O) groups excluding carboxylic acids is 1. The number of fused-ring (bicyclic) bond motifs is 1. The zero-order chi connectivity index (χ0) is 10.1. The van der Waals surface area contributed by atoms with Gasteiger partial charge in [-0.25, -0.2) is 0 Å². The van der Waals surface area contributed by atoms with Gasteiger partial charge in [0.25, 0.3) is 0 Å². The molecule has 1 aliphatic heterocycles. The molecule has 74 valence electrons. The third-order valence-electron chi connectivity index (χ3n) is 2.54. The lowest BCUT2D eigenvalue weighted by Crippen LogP contribution is -2.26. The van der Waals surface area contributed by atoms with Crippen LogP contribution in [-0.2, 0) is 11.2 Å². The molecule has 1 heterocycles. The molecule has 0 bridgehead atoms. The van der Waals surface area contributed by atoms with Crippen LogP contribution in [0.1, 0.15) is 12.5 Å². The van der Waals surface area contributed by atoms with Crippen molar-refractivity contribution in [2.24, 2.45) is 5.92 Å². The number of rotatable bonds is 1. The van der Waals surface area contributed by atoms with Crippen molar-refractivity contribution >= 4 is 17.4 Å². The molecular formula is C11H11ClO2. The minimum absolute atomic E-state index is 0.0394. The summed E-state index contributed by atoms with van der Waals surface area (Å²) in [4.78, 5) is 11.2. The minimum atomic E-state index is -0.0394. The molecule has 1 unspecified atom stereocenters. The fourth-order valence-electron chi connectivity index (χ4n) is 1.63. The second-order valence-electron chi connectivity index (χ2n) is 3.54. The van der Waals surface area contributed by atoms with Crippen LogP contribution in [0.3, 0.4) is 0 Å². The molecule has 1 aromatic carbocycles. The highest BCUT2D eigenvalue weighted by atomic mass is 35.5. The number of halogens is 1. The molecule has 2 rings (SSSR count). The van der Waals surface area contributed by atoms with Gasteiger partial charge >= 0.3 is 0 Å². The molecule has 0 saturated heterocycles. The van der Waals surface area contributed by atoms with E-state index in [1.807, 2.05) is 18.2 Å². The molecule has 0 aromatic heterocycles. The molecule has 0 spiro atoms. The largest absolute Gasteiger partial charge is 0.492 e. The average molecular weight is 211 g/mol. The van der Waals surface area contributed by atoms with Gasteiger partial charge in [-0.3, -0.25) is 4.79 Å². The Morgan fingerprint density at radius 2 is 2.36 bits per heavy atom. The molecule has 1 atom stereocenters. The quantitative estimate of drug-likeness (QED) is 0.712. The van der Waals surface area contributed by atoms with E-state index in [-0.39, 0.29) is 11.7 Å². The van der Waals surface area contributed by atoms with Crippen molar-refractivity contribution in [2.45, 2.75) is 13.3 Å². The number of hydrogen-bond acceptors (Lipinski definition) is 2. The maximum atomic E-state index is 11.2. The number of Topliss-reactive ketones (excluding diaryl/α,β-unsaturated/α-hetero) is 1. The lowest BCUT2D eigenvalue weighted by Gasteiger charge is -2.24. The van der Waals surface area contributed by atoms with E-state index in [4.69, 9.17) is 16.3 Å². The van der Waals surface area contributed by atoms with Crippen LogP contribution in [0, 0.1) is 5.92 Å². The molecule has 0 amide bonds. The average Bonchev–Trinajstić information content (AvgIpc) is 2.18. The van der Waals surface area contributed by atoms with Crippen molar-refractivity contribution in [2.75, 3.05) is 6.61 Å². The van der Waals surface area contributed by atoms with E-state index < -0.39 is 0 Å². The molecule has 0 aliphatic carbocycles. The smallest absolute Gasteiger partial charge is 0.136 e. The van der Waals surface area contributed by atoms with Gasteiger partial charge in [0, 0.05) is 10.6 Å². The Hall–Kier alpha value is -1.02. The Bertz CT molecular complexity index is 374. The minimum Gasteiger partial charge on any atom is -0.492 e. The summed E-state index contributed by atoms with van der Waals surface area (Å²) in [6, 6.07) is 5.57. The van der Waals surface area contributed by atoms with Crippen LogP contribution in [-0.4, -0.2) is 12.4 Å². The van der Waals surface area contributed by atoms with Gasteiger partial charge in [0.1, 0.15) is 11.5 Å². The summed E-state index contributed by atoms with van der Waals surface area (Å²) in [7, 11) is 0. The van der Waals surface area contributed by atoms with Crippen LogP contribution >= 0.6 is 11.6 Å². The number of carbonyl (C=O) groups is 1. The van der Waals surface area contributed by atoms with E-state index in [1.54, 1.807) is 6.92 Å². The van der Waals surface area contributed by atoms with Crippen LogP contribution in [0.5, 0.6) is 5.75 Å². The van der Waals surface area contributed by atoms with Crippen molar-refractivity contribution in [1.82, 2.24) is 0 Å². The highest BCUT2D eigenvalue weighted by Gasteiger charge is 2.24. The molecular weight excluding hydrogens is 200 g/mol. The zero-order valence-corrected chi connectivity index (χ0v) is 8.67. The summed E-state index contributed by atoms with van der Waals surface area (Å²) < 4.78 is 5.47. The fourth-order valence-corrected chi connectivity index (χ4v) is 1.87. The van der Waals surface area contributed by atoms with Crippen LogP contribution in [0.4, 0.5) is 0 Å². The van der Waals surface area contributed by atoms with Gasteiger partial charge in [0.2, 0.25) is 0 Å². The van der Waals surface area contributed by atoms with Crippen molar-refractivity contribution in [3.8, 4) is 5.75 Å². The molecule has 0 saturated carbocycles. The van der Waals surface area contributed by atoms with E-state index >= 15 is 0 Å². The summed E-state index contributed by atoms with van der Waals surface area (Å²) >= 11 is 6.02. The monoisotopic (exact) mass is 210 g/mol. The summed E-state index contributed by atoms with van der Waals surface area (Å²) in [6.45, 7) is 2.07. The first-order chi connectivity index (χ1) is 6.68. The van der Waals surface area contributed by atoms with E-state index in [1.165, 1.54) is 0 Å². The van der Waals surface area contributed by atoms with Gasteiger partial charge in [0.05, 0.1) is 12.5 Å². The number of hydrogen-bond donors (Lipinski definition) is 0. The van der Waals surface area contributed by atoms with Gasteiger partial charge < -0.3 is 4.74 Å². The summed E-state index contributed by atoms with van der Waals surface area (Å²) in [5.41, 5.74) is 0.959. The predicted molar refractivity (Wildman–Crippen MR) is 54.8 cm³/mol. The Morgan fingerprint density at radius 1 is 1.57 bits per heavy atom. The fraction of sp³-hybridized carbons (Fsp3) is 0.364. The highest BCUT2D eigenvalue weighted by Crippen LogP contribution is 2.32. The van der Waals surface area contributed by atoms with Crippen molar-refractivity contribution in [3.05, 3.63) is 28.8 Å². The Morgan fingerprint density at radius 3 is 3.07 bits per heavy atom. The predicted octanol–water partition coefficient (Wildman–Crippen LogP) is 2.48. The Balaban J connectivity index is 2.33. The number of benzene rings is 1. The Labute approximate surface area is 87.8 Å². The van der Waals surface area contributed by atoms with Gasteiger partial charge in [-0.2, -0.15) is 0 Å². The first kappa shape index (κ1) is 9.53. The second kappa shape index (κ2) is 3.62. The first-order valence-electron chi connectivity index (χ1n) is 4.59. The normalized spacial score (nSPS) is 19.7. The zero-order valence-electron chi connectivity index (χ0n) is 7.92. The van der Waals surface area contributed by atoms with Crippen LogP contribution < -0.4 is 4.74 Å². The number of ketones is 1. The summed E-state index contributed by atoms with van der Waals surface area (Å²) in [5, 5.41) is 0.688. The van der Waals surface area contributed by atoms with Crippen molar-refractivity contribution in [3.63, 3.8) is 0 Å². The van der Waals surface area contributed by atoms with Gasteiger partial charge in [-0.05, 0) is 25.5 Å². The lowest BCUT2D eigenvalue weighted by molar-refractivity contribution is -0.121. The third-order valence-corrected chi connectivity index (χ3v) is 2.90. The molecule has 14 heavy (non-hydrogen) atoms. The maximum absolute atomic E-state index is 11.2. The molecule has 0 fully saturated rings. The number of ether oxygens (including phenoxy) is 1. The molecule has 1 aliphatic rings. The van der Waals surface area contributed by atoms with Gasteiger partial charge in [-0.15, -0.1) is 0 Å². The summed E-state index contributed by atoms with van der Waals surface area (Å²) in [5.74, 6) is 0.938. The standard InChI is InChI=1S/C11H11ClO2/c1-7(13)8-5-9-10(12)3-2-4-11(9)14-6-8/h2-4,8H,5-6H2,1H3. The van der Waals surface area contributed by atoms with Crippen molar-refractivity contribution < 1.29 is 9.53 Å². The van der Waals surface area contributed by atoms with Gasteiger partial charge in [0.15, 0.2) is 0 Å². The first-order valence-corrected chi connectivity index (χ1v) is 4.97. The van der Waals surface area contributed by atoms with E-state index in [2.05, 4.69) is 0 Å². The highest BCUT2D eigenvalue weighted by molar-refractivity contribution is 6.31. The SMILES string of the molecule is CC(=O)C1COc2cccc(Cl)c2C1. The molecule has 1 aromatic rings. The van der Waals surface area contributed by atoms with E-state index in [9.17, 15) is 4.79 Å². The van der Waals surface area contributed by atoms with Crippen LogP contribution in [0.15, 0.2) is 18.2 Å². The van der Waals surface area contributed by atoms with E-state index in [0.717, 1.165) is 11.3 Å².